The molecule has 1 aromatic carbocycles. The second kappa shape index (κ2) is 8.42. The summed E-state index contributed by atoms with van der Waals surface area (Å²) in [5.74, 6) is 1.21. The van der Waals surface area contributed by atoms with Crippen molar-refractivity contribution in [2.24, 2.45) is 0 Å². The Morgan fingerprint density at radius 2 is 2.00 bits per heavy atom. The van der Waals surface area contributed by atoms with E-state index in [1.165, 1.54) is 34.1 Å². The van der Waals surface area contributed by atoms with Gasteiger partial charge in [-0.05, 0) is 47.9 Å². The molecule has 0 N–H and O–H groups in total. The molecule has 1 unspecified atom stereocenters. The van der Waals surface area contributed by atoms with E-state index in [1.807, 2.05) is 23.1 Å². The molecule has 2 heterocycles. The lowest BCUT2D eigenvalue weighted by atomic mass is 10.0. The van der Waals surface area contributed by atoms with Gasteiger partial charge in [-0.2, -0.15) is 0 Å². The Kier molecular flexibility index (Phi) is 6.85. The first-order valence-corrected chi connectivity index (χ1v) is 9.73. The van der Waals surface area contributed by atoms with Crippen LogP contribution in [-0.2, 0) is 12.8 Å². The van der Waals surface area contributed by atoms with Crippen LogP contribution in [0.5, 0.6) is 0 Å². The highest BCUT2D eigenvalue weighted by atomic mass is 79.9. The van der Waals surface area contributed by atoms with E-state index in [9.17, 15) is 0 Å². The van der Waals surface area contributed by atoms with E-state index in [1.54, 1.807) is 5.56 Å². The minimum absolute atomic E-state index is 0. The third-order valence-electron chi connectivity index (χ3n) is 4.16. The second-order valence-electron chi connectivity index (χ2n) is 5.58. The SMILES string of the molecule is Br.CCCN(c1ccccc1CC)C1CSc2sccc2C1. The smallest absolute Gasteiger partial charge is 0.0632 e. The van der Waals surface area contributed by atoms with E-state index >= 15 is 0 Å². The Balaban J connectivity index is 0.00000176. The number of hydrogen-bond donors (Lipinski definition) is 0. The molecular formula is C18H24BrNS2. The van der Waals surface area contributed by atoms with E-state index in [0.717, 1.165) is 13.0 Å². The Hall–Kier alpha value is -0.450. The van der Waals surface area contributed by atoms with Gasteiger partial charge in [0.1, 0.15) is 0 Å². The normalized spacial score (nSPS) is 16.7. The summed E-state index contributed by atoms with van der Waals surface area (Å²) in [6, 6.07) is 11.9. The van der Waals surface area contributed by atoms with Crippen LogP contribution in [0.3, 0.4) is 0 Å². The third kappa shape index (κ3) is 3.72. The van der Waals surface area contributed by atoms with Crippen molar-refractivity contribution in [1.29, 1.82) is 0 Å². The summed E-state index contributed by atoms with van der Waals surface area (Å²) >= 11 is 3.94. The Labute approximate surface area is 152 Å². The average Bonchev–Trinajstić information content (AvgIpc) is 3.00. The van der Waals surface area contributed by atoms with E-state index in [-0.39, 0.29) is 17.0 Å². The maximum atomic E-state index is 2.66. The van der Waals surface area contributed by atoms with Gasteiger partial charge < -0.3 is 4.90 Å². The molecular weight excluding hydrogens is 374 g/mol. The Morgan fingerprint density at radius 1 is 1.18 bits per heavy atom. The average molecular weight is 398 g/mol. The van der Waals surface area contributed by atoms with Gasteiger partial charge in [-0.15, -0.1) is 40.1 Å². The standard InChI is InChI=1S/C18H23NS2.BrH/c1-3-10-19(17-8-6-5-7-14(17)4-2)16-12-15-9-11-20-18(15)21-13-16;/h5-9,11,16H,3-4,10,12-13H2,1-2H3;1H. The third-order valence-corrected chi connectivity index (χ3v) is 6.62. The first-order valence-electron chi connectivity index (χ1n) is 7.87. The number of hydrogen-bond acceptors (Lipinski definition) is 3. The van der Waals surface area contributed by atoms with Gasteiger partial charge in [-0.25, -0.2) is 0 Å². The molecule has 0 amide bonds. The monoisotopic (exact) mass is 397 g/mol. The summed E-state index contributed by atoms with van der Waals surface area (Å²) in [5, 5.41) is 2.24. The lowest BCUT2D eigenvalue weighted by Gasteiger charge is -2.37. The molecule has 3 rings (SSSR count). The van der Waals surface area contributed by atoms with Gasteiger partial charge in [-0.1, -0.05) is 32.0 Å². The molecule has 2 aromatic rings. The van der Waals surface area contributed by atoms with Crippen LogP contribution in [-0.4, -0.2) is 18.3 Å². The number of thioether (sulfide) groups is 1. The van der Waals surface area contributed by atoms with Crippen LogP contribution in [0.25, 0.3) is 0 Å². The van der Waals surface area contributed by atoms with Crippen LogP contribution in [0.1, 0.15) is 31.4 Å². The molecule has 0 radical (unpaired) electrons. The Morgan fingerprint density at radius 3 is 2.77 bits per heavy atom. The van der Waals surface area contributed by atoms with E-state index in [2.05, 4.69) is 54.5 Å². The quantitative estimate of drug-likeness (QED) is 0.624. The minimum atomic E-state index is 0. The molecule has 0 spiro atoms. The number of nitrogens with zero attached hydrogens (tertiary/aromatic N) is 1. The number of anilines is 1. The predicted molar refractivity (Wildman–Crippen MR) is 106 cm³/mol. The predicted octanol–water partition coefficient (Wildman–Crippen LogP) is 5.82. The summed E-state index contributed by atoms with van der Waals surface area (Å²) in [7, 11) is 0. The molecule has 1 aliphatic heterocycles. The van der Waals surface area contributed by atoms with Crippen LogP contribution in [0.4, 0.5) is 5.69 Å². The van der Waals surface area contributed by atoms with Crippen LogP contribution in [0, 0.1) is 0 Å². The maximum Gasteiger partial charge on any atom is 0.0632 e. The van der Waals surface area contributed by atoms with E-state index in [0.29, 0.717) is 6.04 Å². The van der Waals surface area contributed by atoms with Gasteiger partial charge in [0.25, 0.3) is 0 Å². The molecule has 0 saturated heterocycles. The highest BCUT2D eigenvalue weighted by Crippen LogP contribution is 2.37. The van der Waals surface area contributed by atoms with Gasteiger partial charge in [0.05, 0.1) is 4.21 Å². The van der Waals surface area contributed by atoms with Crippen molar-refractivity contribution < 1.29 is 0 Å². The second-order valence-corrected chi connectivity index (χ2v) is 7.78. The van der Waals surface area contributed by atoms with Crippen molar-refractivity contribution in [1.82, 2.24) is 0 Å². The summed E-state index contributed by atoms with van der Waals surface area (Å²) < 4.78 is 1.53. The molecule has 4 heteroatoms. The summed E-state index contributed by atoms with van der Waals surface area (Å²) in [5.41, 5.74) is 4.48. The van der Waals surface area contributed by atoms with Crippen LogP contribution < -0.4 is 4.90 Å². The van der Waals surface area contributed by atoms with Gasteiger partial charge in [0.2, 0.25) is 0 Å². The maximum absolute atomic E-state index is 2.66. The number of benzene rings is 1. The zero-order valence-corrected chi connectivity index (χ0v) is 16.6. The molecule has 0 fully saturated rings. The molecule has 1 aromatic heterocycles. The van der Waals surface area contributed by atoms with Crippen LogP contribution in [0.15, 0.2) is 39.9 Å². The molecule has 120 valence electrons. The lowest BCUT2D eigenvalue weighted by Crippen LogP contribution is -2.41. The number of para-hydroxylation sites is 1. The van der Waals surface area contributed by atoms with Crippen molar-refractivity contribution in [2.75, 3.05) is 17.2 Å². The fourth-order valence-electron chi connectivity index (χ4n) is 3.12. The van der Waals surface area contributed by atoms with Gasteiger partial charge >= 0.3 is 0 Å². The largest absolute Gasteiger partial charge is 0.367 e. The zero-order chi connectivity index (χ0) is 14.7. The zero-order valence-electron chi connectivity index (χ0n) is 13.2. The number of fused-ring (bicyclic) bond motifs is 1. The molecule has 22 heavy (non-hydrogen) atoms. The molecule has 0 bridgehead atoms. The Bertz CT molecular complexity index is 596. The molecule has 1 nitrogen and oxygen atoms in total. The number of aryl methyl sites for hydroxylation is 1. The van der Waals surface area contributed by atoms with Crippen molar-refractivity contribution in [3.05, 3.63) is 46.8 Å². The fraction of sp³-hybridized carbons (Fsp3) is 0.444. The summed E-state index contributed by atoms with van der Waals surface area (Å²) in [4.78, 5) is 2.66. The molecule has 1 aliphatic rings. The first kappa shape index (κ1) is 17.9. The molecule has 0 saturated carbocycles. The number of thiophene rings is 1. The summed E-state index contributed by atoms with van der Waals surface area (Å²) in [6.45, 7) is 5.70. The highest BCUT2D eigenvalue weighted by molar-refractivity contribution is 8.93. The van der Waals surface area contributed by atoms with E-state index in [4.69, 9.17) is 0 Å². The fourth-order valence-corrected chi connectivity index (χ4v) is 5.40. The molecule has 0 aliphatic carbocycles. The first-order chi connectivity index (χ1) is 10.3. The lowest BCUT2D eigenvalue weighted by molar-refractivity contribution is 0.620. The van der Waals surface area contributed by atoms with Crippen molar-refractivity contribution in [3.8, 4) is 0 Å². The van der Waals surface area contributed by atoms with Crippen molar-refractivity contribution in [3.63, 3.8) is 0 Å². The molecule has 1 atom stereocenters. The summed E-state index contributed by atoms with van der Waals surface area (Å²) in [6.07, 6.45) is 3.51. The van der Waals surface area contributed by atoms with Crippen LogP contribution in [0.2, 0.25) is 0 Å². The van der Waals surface area contributed by atoms with Crippen molar-refractivity contribution in [2.45, 2.75) is 43.4 Å². The van der Waals surface area contributed by atoms with Gasteiger partial charge in [-0.3, -0.25) is 0 Å². The minimum Gasteiger partial charge on any atom is -0.367 e. The topological polar surface area (TPSA) is 3.24 Å². The number of rotatable bonds is 5. The highest BCUT2D eigenvalue weighted by Gasteiger charge is 2.26. The van der Waals surface area contributed by atoms with Crippen LogP contribution >= 0.6 is 40.1 Å². The van der Waals surface area contributed by atoms with Gasteiger partial charge in [0, 0.05) is 24.0 Å². The number of halogens is 1. The van der Waals surface area contributed by atoms with Gasteiger partial charge in [0.15, 0.2) is 0 Å². The van der Waals surface area contributed by atoms with E-state index < -0.39 is 0 Å². The van der Waals surface area contributed by atoms with Crippen molar-refractivity contribution >= 4 is 45.8 Å².